The Morgan fingerprint density at radius 1 is 0.500 bits per heavy atom. The molecule has 0 saturated heterocycles. The van der Waals surface area contributed by atoms with Crippen LogP contribution in [0.5, 0.6) is 0 Å². The average Bonchev–Trinajstić information content (AvgIpc) is 3.09. The molecule has 0 radical (unpaired) electrons. The Morgan fingerprint density at radius 2 is 0.812 bits per heavy atom. The molecule has 0 aliphatic heterocycles. The van der Waals surface area contributed by atoms with Gasteiger partial charge in [0.05, 0.1) is 36.2 Å². The zero-order valence-corrected chi connectivity index (χ0v) is 32.8. The van der Waals surface area contributed by atoms with Crippen molar-refractivity contribution in [3.8, 4) is 0 Å². The SMILES string of the molecule is CCCCCCCCCCCCCCCC[P+](CCCC)(CCCC)CCCC.O=C([O-])c1ccc(Sc2ccc(C(=O)O)cc2)cc1. The van der Waals surface area contributed by atoms with Crippen molar-refractivity contribution in [1.29, 1.82) is 0 Å². The molecule has 0 atom stereocenters. The van der Waals surface area contributed by atoms with Gasteiger partial charge < -0.3 is 15.0 Å². The summed E-state index contributed by atoms with van der Waals surface area (Å²) < 4.78 is 0. The van der Waals surface area contributed by atoms with E-state index < -0.39 is 19.2 Å². The third kappa shape index (κ3) is 21.3. The number of carboxylic acid groups (broad SMARTS) is 2. The Kier molecular flexibility index (Phi) is 26.6. The highest BCUT2D eigenvalue weighted by atomic mass is 32.2. The van der Waals surface area contributed by atoms with Crippen LogP contribution in [-0.2, 0) is 0 Å². The van der Waals surface area contributed by atoms with Crippen LogP contribution in [0.2, 0.25) is 0 Å². The fourth-order valence-electron chi connectivity index (χ4n) is 6.25. The van der Waals surface area contributed by atoms with Crippen LogP contribution in [-0.4, -0.2) is 41.7 Å². The van der Waals surface area contributed by atoms with E-state index in [-0.39, 0.29) is 11.1 Å². The highest BCUT2D eigenvalue weighted by Crippen LogP contribution is 2.61. The third-order valence-electron chi connectivity index (χ3n) is 9.37. The number of hydrogen-bond donors (Lipinski definition) is 1. The lowest BCUT2D eigenvalue weighted by Crippen LogP contribution is -2.21. The lowest BCUT2D eigenvalue weighted by molar-refractivity contribution is -0.255. The molecule has 2 aromatic rings. The summed E-state index contributed by atoms with van der Waals surface area (Å²) in [7, 11) is -0.630. The second-order valence-electron chi connectivity index (χ2n) is 13.6. The minimum absolute atomic E-state index is 0.130. The summed E-state index contributed by atoms with van der Waals surface area (Å²) in [4.78, 5) is 23.1. The predicted molar refractivity (Wildman–Crippen MR) is 210 cm³/mol. The Morgan fingerprint density at radius 3 is 1.15 bits per heavy atom. The van der Waals surface area contributed by atoms with Gasteiger partial charge in [-0.25, -0.2) is 4.79 Å². The highest BCUT2D eigenvalue weighted by Gasteiger charge is 2.34. The van der Waals surface area contributed by atoms with E-state index in [0.717, 1.165) is 9.79 Å². The van der Waals surface area contributed by atoms with Crippen molar-refractivity contribution < 1.29 is 19.8 Å². The molecule has 6 heteroatoms. The Bertz CT molecular complexity index is 993. The van der Waals surface area contributed by atoms with Crippen molar-refractivity contribution in [2.45, 2.75) is 166 Å². The zero-order valence-electron chi connectivity index (χ0n) is 31.1. The van der Waals surface area contributed by atoms with Gasteiger partial charge in [0.1, 0.15) is 0 Å². The largest absolute Gasteiger partial charge is 0.545 e. The third-order valence-corrected chi connectivity index (χ3v) is 15.4. The molecule has 0 aliphatic carbocycles. The first-order valence-electron chi connectivity index (χ1n) is 19.5. The molecular formula is C42H69O4PS. The van der Waals surface area contributed by atoms with Gasteiger partial charge in [-0.1, -0.05) is 148 Å². The molecule has 0 fully saturated rings. The molecule has 0 heterocycles. The Hall–Kier alpha value is -1.84. The molecule has 0 aromatic heterocycles. The summed E-state index contributed by atoms with van der Waals surface area (Å²) in [6, 6.07) is 12.8. The first-order valence-corrected chi connectivity index (χ1v) is 22.8. The van der Waals surface area contributed by atoms with E-state index in [1.807, 2.05) is 0 Å². The summed E-state index contributed by atoms with van der Waals surface area (Å²) >= 11 is 1.42. The number of aromatic carboxylic acids is 2. The van der Waals surface area contributed by atoms with Gasteiger partial charge in [0.2, 0.25) is 0 Å². The minimum Gasteiger partial charge on any atom is -0.545 e. The maximum absolute atomic E-state index is 10.7. The van der Waals surface area contributed by atoms with E-state index in [4.69, 9.17) is 5.11 Å². The molecule has 272 valence electrons. The highest BCUT2D eigenvalue weighted by molar-refractivity contribution is 7.99. The molecule has 0 bridgehead atoms. The summed E-state index contributed by atoms with van der Waals surface area (Å²) in [5.74, 6) is -2.17. The standard InChI is InChI=1S/C28H60P.C14H10O4S/c1-5-9-13-14-15-16-17-18-19-20-21-22-23-24-28-29(25-10-6-2,26-11-7-3)27-12-8-4;15-13(16)9-1-5-11(6-2-9)19-12-7-3-10(4-8-12)14(17)18/h5-28H2,1-4H3;1-8H,(H,15,16)(H,17,18)/q+1;/p-1. The van der Waals surface area contributed by atoms with Gasteiger partial charge >= 0.3 is 5.97 Å². The van der Waals surface area contributed by atoms with E-state index in [9.17, 15) is 14.7 Å². The summed E-state index contributed by atoms with van der Waals surface area (Å²) in [5, 5.41) is 19.4. The normalized spacial score (nSPS) is 11.2. The molecule has 2 rings (SSSR count). The van der Waals surface area contributed by atoms with E-state index in [1.54, 1.807) is 55.3 Å². The van der Waals surface area contributed by atoms with Crippen LogP contribution in [0.3, 0.4) is 0 Å². The fraction of sp³-hybridized carbons (Fsp3) is 0.667. The van der Waals surface area contributed by atoms with Crippen LogP contribution in [0, 0.1) is 0 Å². The van der Waals surface area contributed by atoms with E-state index in [1.165, 1.54) is 158 Å². The van der Waals surface area contributed by atoms with Gasteiger partial charge in [-0.15, -0.1) is 0 Å². The van der Waals surface area contributed by atoms with Gasteiger partial charge in [-0.05, 0) is 74.1 Å². The van der Waals surface area contributed by atoms with Gasteiger partial charge in [0, 0.05) is 17.1 Å². The topological polar surface area (TPSA) is 77.4 Å². The molecule has 4 nitrogen and oxygen atoms in total. The first-order chi connectivity index (χ1) is 23.3. The molecule has 0 spiro atoms. The van der Waals surface area contributed by atoms with E-state index in [0.29, 0.717) is 0 Å². The van der Waals surface area contributed by atoms with Gasteiger partial charge in [0.25, 0.3) is 0 Å². The van der Waals surface area contributed by atoms with Crippen LogP contribution in [0.1, 0.15) is 177 Å². The van der Waals surface area contributed by atoms with Crippen molar-refractivity contribution in [1.82, 2.24) is 0 Å². The summed E-state index contributed by atoms with van der Waals surface area (Å²) in [5.41, 5.74) is 0.363. The number of hydrogen-bond acceptors (Lipinski definition) is 4. The molecule has 1 N–H and O–H groups in total. The van der Waals surface area contributed by atoms with Crippen LogP contribution in [0.25, 0.3) is 0 Å². The minimum atomic E-state index is -1.21. The Balaban J connectivity index is 0.000000519. The van der Waals surface area contributed by atoms with E-state index in [2.05, 4.69) is 27.7 Å². The number of benzene rings is 2. The zero-order chi connectivity index (χ0) is 35.3. The number of carbonyl (C=O) groups excluding carboxylic acids is 1. The maximum Gasteiger partial charge on any atom is 0.335 e. The lowest BCUT2D eigenvalue weighted by atomic mass is 10.0. The van der Waals surface area contributed by atoms with Crippen LogP contribution < -0.4 is 5.11 Å². The quantitative estimate of drug-likeness (QED) is 0.0706. The molecule has 0 saturated carbocycles. The van der Waals surface area contributed by atoms with Crippen molar-refractivity contribution in [3.05, 3.63) is 59.7 Å². The number of rotatable bonds is 28. The average molecular weight is 701 g/mol. The smallest absolute Gasteiger partial charge is 0.335 e. The fourth-order valence-corrected chi connectivity index (χ4v) is 12.3. The van der Waals surface area contributed by atoms with Crippen LogP contribution in [0.15, 0.2) is 58.3 Å². The molecule has 2 aromatic carbocycles. The van der Waals surface area contributed by atoms with Crippen LogP contribution >= 0.6 is 19.0 Å². The number of carboxylic acids is 2. The number of carbonyl (C=O) groups is 2. The molecule has 48 heavy (non-hydrogen) atoms. The maximum atomic E-state index is 10.7. The molecule has 0 aliphatic rings. The van der Waals surface area contributed by atoms with E-state index >= 15 is 0 Å². The monoisotopic (exact) mass is 700 g/mol. The van der Waals surface area contributed by atoms with Gasteiger partial charge in [-0.3, -0.25) is 0 Å². The second kappa shape index (κ2) is 28.9. The summed E-state index contributed by atoms with van der Waals surface area (Å²) in [6.07, 6.45) is 36.0. The molecule has 0 unspecified atom stereocenters. The van der Waals surface area contributed by atoms with Gasteiger partial charge in [-0.2, -0.15) is 0 Å². The van der Waals surface area contributed by atoms with Crippen molar-refractivity contribution in [2.24, 2.45) is 0 Å². The van der Waals surface area contributed by atoms with Gasteiger partial charge in [0.15, 0.2) is 0 Å². The van der Waals surface area contributed by atoms with Crippen molar-refractivity contribution in [3.63, 3.8) is 0 Å². The predicted octanol–water partition coefficient (Wildman–Crippen LogP) is 12.8. The molecular weight excluding hydrogens is 631 g/mol. The first kappa shape index (κ1) is 44.2. The lowest BCUT2D eigenvalue weighted by Gasteiger charge is -2.28. The van der Waals surface area contributed by atoms with Crippen molar-refractivity contribution >= 4 is 31.0 Å². The number of unbranched alkanes of at least 4 members (excludes halogenated alkanes) is 16. The van der Waals surface area contributed by atoms with Crippen LogP contribution in [0.4, 0.5) is 0 Å². The Labute approximate surface area is 300 Å². The summed E-state index contributed by atoms with van der Waals surface area (Å²) in [6.45, 7) is 9.48. The van der Waals surface area contributed by atoms with Crippen molar-refractivity contribution in [2.75, 3.05) is 24.6 Å². The molecule has 0 amide bonds. The second-order valence-corrected chi connectivity index (χ2v) is 19.3.